The first-order valence-electron chi connectivity index (χ1n) is 23.7. The van der Waals surface area contributed by atoms with Crippen molar-refractivity contribution in [1.29, 1.82) is 0 Å². The second-order valence-electron chi connectivity index (χ2n) is 18.8. The summed E-state index contributed by atoms with van der Waals surface area (Å²) in [6.45, 7) is 20.6. The smallest absolute Gasteiger partial charge is 0.225 e. The minimum atomic E-state index is 0. The van der Waals surface area contributed by atoms with Gasteiger partial charge in [-0.05, 0) is 35.4 Å². The molecule has 16 nitrogen and oxygen atoms in total. The van der Waals surface area contributed by atoms with Gasteiger partial charge in [0.2, 0.25) is 23.8 Å². The van der Waals surface area contributed by atoms with Crippen molar-refractivity contribution in [2.24, 2.45) is 0 Å². The van der Waals surface area contributed by atoms with Crippen molar-refractivity contribution in [3.05, 3.63) is 145 Å². The van der Waals surface area contributed by atoms with Crippen LogP contribution in [0, 0.1) is 0 Å². The van der Waals surface area contributed by atoms with Gasteiger partial charge in [-0.15, -0.1) is 0 Å². The Kier molecular flexibility index (Phi) is 15.9. The first-order valence-corrected chi connectivity index (χ1v) is 23.7. The molecule has 4 aliphatic heterocycles. The molecule has 2 aromatic carbocycles. The van der Waals surface area contributed by atoms with Gasteiger partial charge in [-0.3, -0.25) is 9.80 Å². The monoisotopic (exact) mass is 907 g/mol. The maximum Gasteiger partial charge on any atom is 0.225 e. The molecule has 0 bridgehead atoms. The summed E-state index contributed by atoms with van der Waals surface area (Å²) in [6, 6.07) is 26.0. The molecule has 352 valence electrons. The van der Waals surface area contributed by atoms with Crippen LogP contribution in [0.5, 0.6) is 0 Å². The van der Waals surface area contributed by atoms with Crippen molar-refractivity contribution in [2.75, 3.05) is 138 Å². The Labute approximate surface area is 397 Å². The van der Waals surface area contributed by atoms with E-state index in [1.165, 1.54) is 22.3 Å². The Morgan fingerprint density at radius 3 is 0.851 bits per heavy atom. The molecule has 0 unspecified atom stereocenters. The van der Waals surface area contributed by atoms with Crippen molar-refractivity contribution in [3.63, 3.8) is 0 Å². The molecule has 0 radical (unpaired) electrons. The molecule has 10 rings (SSSR count). The van der Waals surface area contributed by atoms with Crippen LogP contribution >= 0.6 is 0 Å². The van der Waals surface area contributed by atoms with Gasteiger partial charge in [0.25, 0.3) is 0 Å². The van der Waals surface area contributed by atoms with Crippen molar-refractivity contribution in [3.8, 4) is 0 Å². The van der Waals surface area contributed by atoms with E-state index in [9.17, 15) is 0 Å². The maximum absolute atomic E-state index is 4.41. The molecule has 16 heteroatoms. The number of rotatable bonds is 12. The van der Waals surface area contributed by atoms with E-state index in [2.05, 4.69) is 132 Å². The van der Waals surface area contributed by atoms with E-state index < -0.39 is 0 Å². The molecule has 6 aromatic rings. The summed E-state index contributed by atoms with van der Waals surface area (Å²) in [5, 5.41) is 0. The second-order valence-corrected chi connectivity index (χ2v) is 18.8. The third kappa shape index (κ3) is 13.0. The van der Waals surface area contributed by atoms with Gasteiger partial charge in [0.15, 0.2) is 0 Å². The molecule has 0 aliphatic carbocycles. The van der Waals surface area contributed by atoms with Gasteiger partial charge in [0, 0.05) is 126 Å². The molecule has 0 atom stereocenters. The third-order valence-corrected chi connectivity index (χ3v) is 13.7. The molecule has 0 spiro atoms. The highest BCUT2D eigenvalue weighted by atomic mass is 15.4. The molecule has 8 heterocycles. The number of piperazine rings is 4. The molecule has 4 aliphatic rings. The zero-order valence-corrected chi connectivity index (χ0v) is 38.8. The standard InChI is InChI=1S/C26H36N8.C24H30N8.CH4/c1-33(17-13-31(14-18-33)25-27-9-3-10-28-25)21-23-5-7-24(8-6-23)22-34(2)19-15-32(16-20-34)26-29-11-4-12-30-26;1-7-25-23(26-8-1)31-15-11-29(12-16-31)19-21-3-5-22(6-4-21)20-30-13-17-32(18-14-30)24-27-9-2-10-28-24;/h3-12H,13-22H2,1-2H3;1-10H,11-20H2;1H4/q+2;;. The number of likely N-dealkylation sites (N-methyl/N-ethyl adjacent to an activating group) is 2. The Morgan fingerprint density at radius 1 is 0.343 bits per heavy atom. The van der Waals surface area contributed by atoms with Crippen LogP contribution in [0.25, 0.3) is 0 Å². The fraction of sp³-hybridized carbons (Fsp3) is 0.451. The SMILES string of the molecule is C.C[N+]1(Cc2ccc(C[N+]3(C)CCN(c4ncccn4)CC3)cc2)CCN(c2ncccn2)CC1.c1cnc(N2CCN(Cc3ccc(CN4CCN(c5ncccn5)CC4)cc3)CC2)nc1. The summed E-state index contributed by atoms with van der Waals surface area (Å²) in [6.07, 6.45) is 14.6. The first kappa shape index (κ1) is 47.3. The van der Waals surface area contributed by atoms with Crippen LogP contribution in [0.1, 0.15) is 29.7 Å². The van der Waals surface area contributed by atoms with Crippen LogP contribution in [0.15, 0.2) is 122 Å². The Balaban J connectivity index is 0.000000179. The van der Waals surface area contributed by atoms with Gasteiger partial charge in [0.05, 0.1) is 66.5 Å². The van der Waals surface area contributed by atoms with E-state index in [1.54, 1.807) is 0 Å². The number of aromatic nitrogens is 8. The van der Waals surface area contributed by atoms with Gasteiger partial charge in [-0.1, -0.05) is 56.0 Å². The van der Waals surface area contributed by atoms with Crippen molar-refractivity contribution in [1.82, 2.24) is 49.7 Å². The lowest BCUT2D eigenvalue weighted by atomic mass is 10.1. The highest BCUT2D eigenvalue weighted by Gasteiger charge is 2.32. The van der Waals surface area contributed by atoms with E-state index in [4.69, 9.17) is 0 Å². The largest absolute Gasteiger partial charge is 0.338 e. The fourth-order valence-corrected chi connectivity index (χ4v) is 9.54. The quantitative estimate of drug-likeness (QED) is 0.157. The molecule has 0 N–H and O–H groups in total. The third-order valence-electron chi connectivity index (χ3n) is 13.7. The van der Waals surface area contributed by atoms with Gasteiger partial charge in [0.1, 0.15) is 13.1 Å². The summed E-state index contributed by atoms with van der Waals surface area (Å²) in [5.41, 5.74) is 5.60. The lowest BCUT2D eigenvalue weighted by molar-refractivity contribution is -0.923. The number of hydrogen-bond acceptors (Lipinski definition) is 14. The van der Waals surface area contributed by atoms with Gasteiger partial charge < -0.3 is 28.6 Å². The number of anilines is 4. The lowest BCUT2D eigenvalue weighted by Gasteiger charge is -2.42. The van der Waals surface area contributed by atoms with Crippen LogP contribution < -0.4 is 19.6 Å². The number of quaternary nitrogens is 2. The zero-order valence-electron chi connectivity index (χ0n) is 38.8. The summed E-state index contributed by atoms with van der Waals surface area (Å²) in [7, 11) is 4.75. The number of nitrogens with zero attached hydrogens (tertiary/aromatic N) is 16. The summed E-state index contributed by atoms with van der Waals surface area (Å²) >= 11 is 0. The Bertz CT molecular complexity index is 2160. The highest BCUT2D eigenvalue weighted by molar-refractivity contribution is 5.32. The summed E-state index contributed by atoms with van der Waals surface area (Å²) in [4.78, 5) is 49.3. The van der Waals surface area contributed by atoms with Gasteiger partial charge >= 0.3 is 0 Å². The average Bonchev–Trinajstić information content (AvgIpc) is 3.37. The number of hydrogen-bond donors (Lipinski definition) is 0. The minimum absolute atomic E-state index is 0. The van der Waals surface area contributed by atoms with E-state index in [0.29, 0.717) is 0 Å². The molecular formula is C51H70N16+2. The van der Waals surface area contributed by atoms with Crippen LogP contribution in [0.4, 0.5) is 23.8 Å². The fourth-order valence-electron chi connectivity index (χ4n) is 9.54. The molecule has 4 saturated heterocycles. The molecule has 0 amide bonds. The van der Waals surface area contributed by atoms with Gasteiger partial charge in [-0.2, -0.15) is 0 Å². The molecule has 0 saturated carbocycles. The minimum Gasteiger partial charge on any atom is -0.338 e. The van der Waals surface area contributed by atoms with E-state index >= 15 is 0 Å². The van der Waals surface area contributed by atoms with Crippen LogP contribution in [0.2, 0.25) is 0 Å². The molecule has 4 fully saturated rings. The van der Waals surface area contributed by atoms with Crippen LogP contribution in [0.3, 0.4) is 0 Å². The van der Waals surface area contributed by atoms with E-state index in [-0.39, 0.29) is 7.43 Å². The Morgan fingerprint density at radius 2 is 0.582 bits per heavy atom. The van der Waals surface area contributed by atoms with Crippen LogP contribution in [-0.4, -0.2) is 177 Å². The molecule has 4 aromatic heterocycles. The predicted molar refractivity (Wildman–Crippen MR) is 266 cm³/mol. The summed E-state index contributed by atoms with van der Waals surface area (Å²) in [5.74, 6) is 3.39. The zero-order chi connectivity index (χ0) is 45.0. The number of benzene rings is 2. The van der Waals surface area contributed by atoms with Crippen molar-refractivity contribution in [2.45, 2.75) is 33.6 Å². The normalized spacial score (nSPS) is 18.7. The molecule has 67 heavy (non-hydrogen) atoms. The maximum atomic E-state index is 4.41. The Hall–Kier alpha value is -6.20. The van der Waals surface area contributed by atoms with Gasteiger partial charge in [-0.25, -0.2) is 39.9 Å². The average molecular weight is 907 g/mol. The summed E-state index contributed by atoms with van der Waals surface area (Å²) < 4.78 is 2.13. The predicted octanol–water partition coefficient (Wildman–Crippen LogP) is 4.75. The van der Waals surface area contributed by atoms with E-state index in [1.807, 2.05) is 73.8 Å². The van der Waals surface area contributed by atoms with Crippen molar-refractivity contribution < 1.29 is 8.97 Å². The highest BCUT2D eigenvalue weighted by Crippen LogP contribution is 2.22. The second kappa shape index (κ2) is 22.5. The topological polar surface area (TPSA) is 123 Å². The van der Waals surface area contributed by atoms with Crippen LogP contribution in [-0.2, 0) is 26.2 Å². The van der Waals surface area contributed by atoms with Crippen molar-refractivity contribution >= 4 is 23.8 Å². The molecular weight excluding hydrogens is 837 g/mol. The van der Waals surface area contributed by atoms with E-state index in [0.717, 1.165) is 164 Å². The lowest BCUT2D eigenvalue weighted by Crippen LogP contribution is -2.57. The first-order chi connectivity index (χ1) is 32.3.